The van der Waals surface area contributed by atoms with Gasteiger partial charge in [-0.3, -0.25) is 4.79 Å². The molecule has 150 valence electrons. The maximum atomic E-state index is 13.3. The first-order valence-electron chi connectivity index (χ1n) is 9.13. The molecule has 0 saturated heterocycles. The summed E-state index contributed by atoms with van der Waals surface area (Å²) >= 11 is 0. The molecule has 4 aromatic rings. The molecule has 3 aromatic carbocycles. The summed E-state index contributed by atoms with van der Waals surface area (Å²) in [5.74, 6) is -0.834. The molecule has 0 unspecified atom stereocenters. The first kappa shape index (κ1) is 19.7. The highest BCUT2D eigenvalue weighted by atomic mass is 32.2. The van der Waals surface area contributed by atoms with Crippen molar-refractivity contribution in [2.75, 3.05) is 0 Å². The summed E-state index contributed by atoms with van der Waals surface area (Å²) in [7, 11) is -3.99. The van der Waals surface area contributed by atoms with Crippen molar-refractivity contribution in [1.82, 2.24) is 8.96 Å². The summed E-state index contributed by atoms with van der Waals surface area (Å²) in [4.78, 5) is 17.3. The van der Waals surface area contributed by atoms with Gasteiger partial charge in [0.2, 0.25) is 5.78 Å². The van der Waals surface area contributed by atoms with E-state index in [2.05, 4.69) is 4.98 Å². The Hall–Kier alpha value is -3.58. The van der Waals surface area contributed by atoms with Gasteiger partial charge in [-0.15, -0.1) is 0 Å². The first-order valence-corrected chi connectivity index (χ1v) is 10.6. The van der Waals surface area contributed by atoms with Crippen LogP contribution >= 0.6 is 0 Å². The van der Waals surface area contributed by atoms with Crippen LogP contribution in [0.5, 0.6) is 0 Å². The number of carbonyl (C=O) groups excluding carboxylic acids is 1. The van der Waals surface area contributed by atoms with Crippen molar-refractivity contribution >= 4 is 15.8 Å². The number of carbonyl (C=O) groups is 1. The molecule has 7 heteroatoms. The standard InChI is InChI=1S/C23H17FN2O3S/c1-16-7-9-18(10-8-16)23-25-21(22(27)17-11-13-19(24)14-12-17)15-26(23)30(28,29)20-5-3-2-4-6-20/h2-15H,1H3. The fraction of sp³-hybridized carbons (Fsp3) is 0.0435. The molecule has 0 N–H and O–H groups in total. The highest BCUT2D eigenvalue weighted by Gasteiger charge is 2.25. The van der Waals surface area contributed by atoms with Gasteiger partial charge in [-0.1, -0.05) is 48.0 Å². The Kier molecular flexibility index (Phi) is 5.05. The number of nitrogens with zero attached hydrogens (tertiary/aromatic N) is 2. The maximum absolute atomic E-state index is 13.3. The first-order chi connectivity index (χ1) is 14.4. The molecule has 4 rings (SSSR count). The van der Waals surface area contributed by atoms with Gasteiger partial charge in [0.25, 0.3) is 10.0 Å². The van der Waals surface area contributed by atoms with E-state index < -0.39 is 21.6 Å². The summed E-state index contributed by atoms with van der Waals surface area (Å²) in [5, 5.41) is 0. The van der Waals surface area contributed by atoms with E-state index in [1.165, 1.54) is 42.6 Å². The van der Waals surface area contributed by atoms with Crippen molar-refractivity contribution in [3.05, 3.63) is 108 Å². The third-order valence-electron chi connectivity index (χ3n) is 4.62. The molecule has 0 fully saturated rings. The lowest BCUT2D eigenvalue weighted by Gasteiger charge is -2.09. The molecule has 0 aliphatic rings. The molecule has 0 aliphatic carbocycles. The van der Waals surface area contributed by atoms with Crippen molar-refractivity contribution in [2.45, 2.75) is 11.8 Å². The molecule has 0 radical (unpaired) electrons. The molecule has 0 spiro atoms. The second-order valence-electron chi connectivity index (χ2n) is 6.77. The zero-order valence-corrected chi connectivity index (χ0v) is 16.8. The van der Waals surface area contributed by atoms with Crippen LogP contribution in [0.1, 0.15) is 21.6 Å². The van der Waals surface area contributed by atoms with Crippen LogP contribution in [0, 0.1) is 12.7 Å². The lowest BCUT2D eigenvalue weighted by Crippen LogP contribution is -2.13. The van der Waals surface area contributed by atoms with Crippen LogP contribution in [0.3, 0.4) is 0 Å². The molecular weight excluding hydrogens is 403 g/mol. The second kappa shape index (κ2) is 7.68. The summed E-state index contributed by atoms with van der Waals surface area (Å²) < 4.78 is 40.8. The Morgan fingerprint density at radius 3 is 2.17 bits per heavy atom. The van der Waals surface area contributed by atoms with Gasteiger partial charge in [0, 0.05) is 11.1 Å². The molecule has 0 amide bonds. The highest BCUT2D eigenvalue weighted by Crippen LogP contribution is 2.26. The predicted molar refractivity (Wildman–Crippen MR) is 111 cm³/mol. The molecule has 5 nitrogen and oxygen atoms in total. The molecular formula is C23H17FN2O3S. The van der Waals surface area contributed by atoms with E-state index in [-0.39, 0.29) is 22.0 Å². The van der Waals surface area contributed by atoms with Crippen LogP contribution in [0.4, 0.5) is 4.39 Å². The second-order valence-corrected chi connectivity index (χ2v) is 8.58. The van der Waals surface area contributed by atoms with Crippen LogP contribution < -0.4 is 0 Å². The maximum Gasteiger partial charge on any atom is 0.269 e. The van der Waals surface area contributed by atoms with E-state index in [9.17, 15) is 17.6 Å². The molecule has 30 heavy (non-hydrogen) atoms. The smallest absolute Gasteiger partial charge is 0.269 e. The largest absolute Gasteiger partial charge is 0.287 e. The monoisotopic (exact) mass is 420 g/mol. The molecule has 0 bridgehead atoms. The van der Waals surface area contributed by atoms with Gasteiger partial charge in [0.15, 0.2) is 5.82 Å². The molecule has 0 saturated carbocycles. The normalized spacial score (nSPS) is 11.4. The summed E-state index contributed by atoms with van der Waals surface area (Å²) in [6, 6.07) is 20.1. The van der Waals surface area contributed by atoms with Gasteiger partial charge in [0.05, 0.1) is 11.1 Å². The van der Waals surface area contributed by atoms with Gasteiger partial charge in [-0.25, -0.2) is 21.8 Å². The van der Waals surface area contributed by atoms with Gasteiger partial charge >= 0.3 is 0 Å². The SMILES string of the molecule is Cc1ccc(-c2nc(C(=O)c3ccc(F)cc3)cn2S(=O)(=O)c2ccccc2)cc1. The minimum absolute atomic E-state index is 0.0447. The lowest BCUT2D eigenvalue weighted by molar-refractivity contribution is 0.103. The quantitative estimate of drug-likeness (QED) is 0.447. The number of benzene rings is 3. The van der Waals surface area contributed by atoms with E-state index in [1.54, 1.807) is 30.3 Å². The van der Waals surface area contributed by atoms with Crippen LogP contribution in [0.2, 0.25) is 0 Å². The minimum atomic E-state index is -3.99. The Bertz CT molecular complexity index is 1310. The minimum Gasteiger partial charge on any atom is -0.287 e. The average Bonchev–Trinajstić information content (AvgIpc) is 3.21. The fourth-order valence-electron chi connectivity index (χ4n) is 3.01. The number of aromatic nitrogens is 2. The molecule has 1 aromatic heterocycles. The lowest BCUT2D eigenvalue weighted by atomic mass is 10.1. The number of aryl methyl sites for hydroxylation is 1. The van der Waals surface area contributed by atoms with E-state index in [0.29, 0.717) is 5.56 Å². The average molecular weight is 420 g/mol. The van der Waals surface area contributed by atoms with E-state index in [0.717, 1.165) is 9.54 Å². The van der Waals surface area contributed by atoms with Crippen molar-refractivity contribution in [1.29, 1.82) is 0 Å². The van der Waals surface area contributed by atoms with Crippen LogP contribution in [0.15, 0.2) is 90.0 Å². The van der Waals surface area contributed by atoms with Gasteiger partial charge in [-0.05, 0) is 43.3 Å². The van der Waals surface area contributed by atoms with E-state index >= 15 is 0 Å². The number of hydrogen-bond acceptors (Lipinski definition) is 4. The Labute approximate surface area is 173 Å². The van der Waals surface area contributed by atoms with E-state index in [1.807, 2.05) is 19.1 Å². The van der Waals surface area contributed by atoms with Crippen LogP contribution in [0.25, 0.3) is 11.4 Å². The predicted octanol–water partition coefficient (Wildman–Crippen LogP) is 4.47. The number of imidazole rings is 1. The zero-order chi connectivity index (χ0) is 21.3. The Balaban J connectivity index is 1.89. The Morgan fingerprint density at radius 1 is 0.900 bits per heavy atom. The molecule has 1 heterocycles. The molecule has 0 aliphatic heterocycles. The fourth-order valence-corrected chi connectivity index (χ4v) is 4.35. The topological polar surface area (TPSA) is 69.0 Å². The highest BCUT2D eigenvalue weighted by molar-refractivity contribution is 7.90. The number of hydrogen-bond donors (Lipinski definition) is 0. The zero-order valence-electron chi connectivity index (χ0n) is 16.0. The number of rotatable bonds is 5. The number of ketones is 1. The van der Waals surface area contributed by atoms with Crippen LogP contribution in [-0.4, -0.2) is 23.2 Å². The summed E-state index contributed by atoms with van der Waals surface area (Å²) in [6.45, 7) is 1.92. The number of halogens is 1. The summed E-state index contributed by atoms with van der Waals surface area (Å²) in [5.41, 5.74) is 1.73. The van der Waals surface area contributed by atoms with Gasteiger partial charge in [0.1, 0.15) is 11.5 Å². The van der Waals surface area contributed by atoms with Gasteiger partial charge in [-0.2, -0.15) is 0 Å². The van der Waals surface area contributed by atoms with Crippen LogP contribution in [-0.2, 0) is 10.0 Å². The van der Waals surface area contributed by atoms with Crippen molar-refractivity contribution < 1.29 is 17.6 Å². The third kappa shape index (κ3) is 3.67. The van der Waals surface area contributed by atoms with E-state index in [4.69, 9.17) is 0 Å². The Morgan fingerprint density at radius 2 is 1.53 bits per heavy atom. The molecule has 0 atom stereocenters. The van der Waals surface area contributed by atoms with Crippen molar-refractivity contribution in [3.63, 3.8) is 0 Å². The van der Waals surface area contributed by atoms with Crippen molar-refractivity contribution in [3.8, 4) is 11.4 Å². The summed E-state index contributed by atoms with van der Waals surface area (Å²) in [6.07, 6.45) is 1.21. The third-order valence-corrected chi connectivity index (χ3v) is 6.29. The van der Waals surface area contributed by atoms with Gasteiger partial charge < -0.3 is 0 Å². The van der Waals surface area contributed by atoms with Crippen molar-refractivity contribution in [2.24, 2.45) is 0 Å².